The highest BCUT2D eigenvalue weighted by Gasteiger charge is 2.23. The first kappa shape index (κ1) is 15.6. The fraction of sp³-hybridized carbons (Fsp3) is 0.667. The summed E-state index contributed by atoms with van der Waals surface area (Å²) >= 11 is 0. The smallest absolute Gasteiger partial charge is 0.273 e. The monoisotopic (exact) mass is 271 g/mol. The van der Waals surface area contributed by atoms with Crippen LogP contribution in [0, 0.1) is 0 Å². The zero-order chi connectivity index (χ0) is 14.5. The number of hydrogen-bond donors (Lipinski definition) is 2. The number of amides is 1. The molecule has 1 heterocycles. The van der Waals surface area contributed by atoms with Crippen molar-refractivity contribution in [3.05, 3.63) is 17.5 Å². The van der Waals surface area contributed by atoms with Gasteiger partial charge in [0.15, 0.2) is 11.5 Å². The SMILES string of the molecule is COCc1cc(C(=O)NCC(C)(O)CN(C)C)no1. The average Bonchev–Trinajstić information content (AvgIpc) is 2.73. The molecule has 2 N–H and O–H groups in total. The van der Waals surface area contributed by atoms with Gasteiger partial charge in [0.1, 0.15) is 6.61 Å². The van der Waals surface area contributed by atoms with Crippen molar-refractivity contribution in [2.24, 2.45) is 0 Å². The number of likely N-dealkylation sites (N-methyl/N-ethyl adjacent to an activating group) is 1. The molecule has 0 spiro atoms. The minimum absolute atomic E-state index is 0.135. The predicted molar refractivity (Wildman–Crippen MR) is 68.7 cm³/mol. The van der Waals surface area contributed by atoms with E-state index in [0.29, 0.717) is 12.3 Å². The van der Waals surface area contributed by atoms with Gasteiger partial charge in [-0.2, -0.15) is 0 Å². The zero-order valence-corrected chi connectivity index (χ0v) is 11.8. The van der Waals surface area contributed by atoms with Gasteiger partial charge in [-0.25, -0.2) is 0 Å². The molecular formula is C12H21N3O4. The number of methoxy groups -OCH3 is 1. The third kappa shape index (κ3) is 5.37. The molecule has 0 fully saturated rings. The lowest BCUT2D eigenvalue weighted by Gasteiger charge is -2.26. The first-order valence-corrected chi connectivity index (χ1v) is 5.94. The van der Waals surface area contributed by atoms with Crippen LogP contribution in [0.4, 0.5) is 0 Å². The van der Waals surface area contributed by atoms with E-state index in [0.717, 1.165) is 0 Å². The molecule has 0 bridgehead atoms. The first-order valence-electron chi connectivity index (χ1n) is 5.94. The molecule has 1 aromatic rings. The molecule has 0 radical (unpaired) electrons. The molecular weight excluding hydrogens is 250 g/mol. The minimum atomic E-state index is -1.00. The molecule has 0 aliphatic rings. The van der Waals surface area contributed by atoms with E-state index >= 15 is 0 Å². The van der Waals surface area contributed by atoms with Crippen molar-refractivity contribution >= 4 is 5.91 Å². The number of aliphatic hydroxyl groups is 1. The summed E-state index contributed by atoms with van der Waals surface area (Å²) in [6.45, 7) is 2.50. The summed E-state index contributed by atoms with van der Waals surface area (Å²) < 4.78 is 9.78. The Bertz CT molecular complexity index is 415. The Balaban J connectivity index is 2.50. The van der Waals surface area contributed by atoms with Gasteiger partial charge in [-0.15, -0.1) is 0 Å². The lowest BCUT2D eigenvalue weighted by atomic mass is 10.1. The molecule has 7 nitrogen and oxygen atoms in total. The Morgan fingerprint density at radius 3 is 2.89 bits per heavy atom. The van der Waals surface area contributed by atoms with Gasteiger partial charge in [-0.1, -0.05) is 5.16 Å². The van der Waals surface area contributed by atoms with Crippen molar-refractivity contribution in [3.63, 3.8) is 0 Å². The number of rotatable bonds is 7. The van der Waals surface area contributed by atoms with Gasteiger partial charge in [-0.05, 0) is 21.0 Å². The van der Waals surface area contributed by atoms with E-state index < -0.39 is 5.60 Å². The zero-order valence-electron chi connectivity index (χ0n) is 11.8. The van der Waals surface area contributed by atoms with Gasteiger partial charge in [0, 0.05) is 26.3 Å². The second-order valence-electron chi connectivity index (χ2n) is 5.03. The number of carbonyl (C=O) groups excluding carboxylic acids is 1. The summed E-state index contributed by atoms with van der Waals surface area (Å²) in [7, 11) is 5.23. The standard InChI is InChI=1S/C12H21N3O4/c1-12(17,8-15(2)3)7-13-11(16)10-5-9(6-18-4)19-14-10/h5,17H,6-8H2,1-4H3,(H,13,16). The fourth-order valence-corrected chi connectivity index (χ4v) is 1.73. The molecule has 1 atom stereocenters. The molecule has 0 saturated carbocycles. The second-order valence-corrected chi connectivity index (χ2v) is 5.03. The summed E-state index contributed by atoms with van der Waals surface area (Å²) in [5.41, 5.74) is -0.828. The highest BCUT2D eigenvalue weighted by molar-refractivity contribution is 5.92. The minimum Gasteiger partial charge on any atom is -0.387 e. The molecule has 1 aromatic heterocycles. The number of nitrogens with zero attached hydrogens (tertiary/aromatic N) is 2. The van der Waals surface area contributed by atoms with Gasteiger partial charge in [0.2, 0.25) is 0 Å². The van der Waals surface area contributed by atoms with Crippen LogP contribution >= 0.6 is 0 Å². The summed E-state index contributed by atoms with van der Waals surface area (Å²) in [5, 5.41) is 16.3. The number of ether oxygens (including phenoxy) is 1. The van der Waals surface area contributed by atoms with Crippen molar-refractivity contribution in [1.82, 2.24) is 15.4 Å². The Kier molecular flexibility index (Phi) is 5.46. The number of nitrogens with one attached hydrogen (secondary N) is 1. The molecule has 0 aliphatic carbocycles. The van der Waals surface area contributed by atoms with Gasteiger partial charge < -0.3 is 24.6 Å². The molecule has 0 saturated heterocycles. The second kappa shape index (κ2) is 6.65. The largest absolute Gasteiger partial charge is 0.387 e. The Labute approximate surface area is 112 Å². The van der Waals surface area contributed by atoms with Crippen molar-refractivity contribution in [1.29, 1.82) is 0 Å². The van der Waals surface area contributed by atoms with Gasteiger partial charge in [-0.3, -0.25) is 4.79 Å². The number of hydrogen-bond acceptors (Lipinski definition) is 6. The van der Waals surface area contributed by atoms with Crippen molar-refractivity contribution in [2.75, 3.05) is 34.3 Å². The lowest BCUT2D eigenvalue weighted by Crippen LogP contribution is -2.47. The van der Waals surface area contributed by atoms with Crippen LogP contribution in [0.25, 0.3) is 0 Å². The first-order chi connectivity index (χ1) is 8.84. The molecule has 0 aromatic carbocycles. The molecule has 108 valence electrons. The molecule has 1 unspecified atom stereocenters. The quantitative estimate of drug-likeness (QED) is 0.718. The van der Waals surface area contributed by atoms with E-state index in [9.17, 15) is 9.90 Å². The Morgan fingerprint density at radius 1 is 1.63 bits per heavy atom. The van der Waals surface area contributed by atoms with Crippen LogP contribution in [0.1, 0.15) is 23.2 Å². The van der Waals surface area contributed by atoms with Gasteiger partial charge >= 0.3 is 0 Å². The van der Waals surface area contributed by atoms with Crippen LogP contribution in [0.3, 0.4) is 0 Å². The maximum atomic E-state index is 11.8. The summed E-state index contributed by atoms with van der Waals surface area (Å²) in [5.74, 6) is 0.0952. The van der Waals surface area contributed by atoms with Gasteiger partial charge in [0.25, 0.3) is 5.91 Å². The summed E-state index contributed by atoms with van der Waals surface area (Å²) in [6, 6.07) is 1.51. The topological polar surface area (TPSA) is 87.8 Å². The van der Waals surface area contributed by atoms with Crippen molar-refractivity contribution in [3.8, 4) is 0 Å². The normalized spacial score (nSPS) is 14.4. The van der Waals surface area contributed by atoms with Crippen molar-refractivity contribution in [2.45, 2.75) is 19.1 Å². The Hall–Kier alpha value is -1.44. The highest BCUT2D eigenvalue weighted by Crippen LogP contribution is 2.06. The highest BCUT2D eigenvalue weighted by atomic mass is 16.5. The van der Waals surface area contributed by atoms with E-state index in [2.05, 4.69) is 10.5 Å². The Morgan fingerprint density at radius 2 is 2.32 bits per heavy atom. The van der Waals surface area contributed by atoms with E-state index in [1.807, 2.05) is 19.0 Å². The lowest BCUT2D eigenvalue weighted by molar-refractivity contribution is 0.0324. The van der Waals surface area contributed by atoms with Crippen LogP contribution in [-0.2, 0) is 11.3 Å². The third-order valence-corrected chi connectivity index (χ3v) is 2.36. The molecule has 0 aliphatic heterocycles. The van der Waals surface area contributed by atoms with E-state index in [1.54, 1.807) is 6.92 Å². The third-order valence-electron chi connectivity index (χ3n) is 2.36. The maximum Gasteiger partial charge on any atom is 0.273 e. The molecule has 1 amide bonds. The maximum absolute atomic E-state index is 11.8. The van der Waals surface area contributed by atoms with Crippen LogP contribution in [0.5, 0.6) is 0 Å². The van der Waals surface area contributed by atoms with Crippen molar-refractivity contribution < 1.29 is 19.2 Å². The molecule has 7 heteroatoms. The molecule has 19 heavy (non-hydrogen) atoms. The van der Waals surface area contributed by atoms with E-state index in [4.69, 9.17) is 9.26 Å². The van der Waals surface area contributed by atoms with Gasteiger partial charge in [0.05, 0.1) is 5.60 Å². The van der Waals surface area contributed by atoms with E-state index in [-0.39, 0.29) is 24.8 Å². The number of carbonyl (C=O) groups is 1. The summed E-state index contributed by atoms with van der Waals surface area (Å²) in [4.78, 5) is 13.6. The van der Waals surface area contributed by atoms with Crippen LogP contribution in [-0.4, -0.2) is 61.0 Å². The van der Waals surface area contributed by atoms with Crippen LogP contribution < -0.4 is 5.32 Å². The fourth-order valence-electron chi connectivity index (χ4n) is 1.73. The van der Waals surface area contributed by atoms with E-state index in [1.165, 1.54) is 13.2 Å². The predicted octanol–water partition coefficient (Wildman–Crippen LogP) is -0.137. The summed E-state index contributed by atoms with van der Waals surface area (Å²) in [6.07, 6.45) is 0. The average molecular weight is 271 g/mol. The number of aromatic nitrogens is 1. The van der Waals surface area contributed by atoms with Crippen LogP contribution in [0.2, 0.25) is 0 Å². The molecule has 1 rings (SSSR count). The van der Waals surface area contributed by atoms with Crippen LogP contribution in [0.15, 0.2) is 10.6 Å².